The lowest BCUT2D eigenvalue weighted by atomic mass is 10.1. The molecule has 0 saturated carbocycles. The summed E-state index contributed by atoms with van der Waals surface area (Å²) in [6.45, 7) is 4.99. The minimum atomic E-state index is -0.344. The van der Waals surface area contributed by atoms with E-state index in [-0.39, 0.29) is 12.0 Å². The Morgan fingerprint density at radius 1 is 1.43 bits per heavy atom. The highest BCUT2D eigenvalue weighted by Gasteiger charge is 2.21. The summed E-state index contributed by atoms with van der Waals surface area (Å²) < 4.78 is 6.93. The zero-order valence-electron chi connectivity index (χ0n) is 13.5. The van der Waals surface area contributed by atoms with Crippen molar-refractivity contribution in [1.29, 1.82) is 0 Å². The number of nitrogens with zero attached hydrogens (tertiary/aromatic N) is 4. The third-order valence-corrected chi connectivity index (χ3v) is 3.84. The Morgan fingerprint density at radius 2 is 2.30 bits per heavy atom. The summed E-state index contributed by atoms with van der Waals surface area (Å²) in [5, 5.41) is 7.90. The molecule has 0 spiro atoms. The smallest absolute Gasteiger partial charge is 0.339 e. The maximum absolute atomic E-state index is 11.6. The Hall–Kier alpha value is -2.44. The van der Waals surface area contributed by atoms with Crippen LogP contribution < -0.4 is 5.32 Å². The number of anilines is 1. The minimum Gasteiger partial charge on any atom is -0.462 e. The van der Waals surface area contributed by atoms with Crippen LogP contribution in [0.5, 0.6) is 0 Å². The monoisotopic (exact) mass is 315 g/mol. The van der Waals surface area contributed by atoms with E-state index in [2.05, 4.69) is 27.3 Å². The van der Waals surface area contributed by atoms with E-state index < -0.39 is 0 Å². The van der Waals surface area contributed by atoms with Gasteiger partial charge in [0.05, 0.1) is 18.7 Å². The number of carbonyl (C=O) groups excluding carboxylic acids is 1. The number of pyridine rings is 1. The van der Waals surface area contributed by atoms with Crippen molar-refractivity contribution >= 4 is 11.8 Å². The normalized spacial score (nSPS) is 16.7. The average molecular weight is 315 g/mol. The Morgan fingerprint density at radius 3 is 3.00 bits per heavy atom. The lowest BCUT2D eigenvalue weighted by molar-refractivity contribution is 0.0526. The van der Waals surface area contributed by atoms with Crippen molar-refractivity contribution in [2.24, 2.45) is 0 Å². The molecule has 1 aliphatic heterocycles. The summed E-state index contributed by atoms with van der Waals surface area (Å²) in [6.07, 6.45) is 4.29. The summed E-state index contributed by atoms with van der Waals surface area (Å²) in [5.74, 6) is 2.37. The fraction of sp³-hybridized carbons (Fsp3) is 0.500. The van der Waals surface area contributed by atoms with Crippen LogP contribution in [0.25, 0.3) is 0 Å². The lowest BCUT2D eigenvalue weighted by Crippen LogP contribution is -2.32. The summed E-state index contributed by atoms with van der Waals surface area (Å²) >= 11 is 0. The van der Waals surface area contributed by atoms with Crippen LogP contribution in [-0.2, 0) is 24.1 Å². The molecule has 1 atom stereocenters. The highest BCUT2D eigenvalue weighted by molar-refractivity contribution is 5.89. The number of aryl methyl sites for hydroxylation is 2. The summed E-state index contributed by atoms with van der Waals surface area (Å²) in [4.78, 5) is 20.4. The van der Waals surface area contributed by atoms with E-state index in [0.29, 0.717) is 12.2 Å². The number of esters is 1. The zero-order valence-corrected chi connectivity index (χ0v) is 13.5. The van der Waals surface area contributed by atoms with Crippen LogP contribution in [-0.4, -0.2) is 38.4 Å². The van der Waals surface area contributed by atoms with Crippen molar-refractivity contribution in [1.82, 2.24) is 19.7 Å². The number of fused-ring (bicyclic) bond motifs is 1. The van der Waals surface area contributed by atoms with Gasteiger partial charge in [0, 0.05) is 25.1 Å². The van der Waals surface area contributed by atoms with E-state index in [4.69, 9.17) is 4.74 Å². The predicted molar refractivity (Wildman–Crippen MR) is 85.3 cm³/mol. The summed E-state index contributed by atoms with van der Waals surface area (Å²) in [6, 6.07) is 3.79. The zero-order chi connectivity index (χ0) is 16.2. The first-order valence-electron chi connectivity index (χ1n) is 8.02. The third-order valence-electron chi connectivity index (χ3n) is 3.84. The number of carbonyl (C=O) groups is 1. The molecule has 2 aromatic rings. The molecule has 122 valence electrons. The maximum Gasteiger partial charge on any atom is 0.339 e. The standard InChI is InChI=1S/C16H21N5O2/c1-3-13-19-15-8-6-12(10-21(15)20-13)18-14-7-5-11(9-17-14)16(22)23-4-2/h5,7,9,12H,3-4,6,8,10H2,1-2H3,(H,17,18). The predicted octanol–water partition coefficient (Wildman–Crippen LogP) is 1.84. The van der Waals surface area contributed by atoms with E-state index in [0.717, 1.165) is 43.3 Å². The van der Waals surface area contributed by atoms with Crippen molar-refractivity contribution in [2.75, 3.05) is 11.9 Å². The minimum absolute atomic E-state index is 0.259. The first-order chi connectivity index (χ1) is 11.2. The van der Waals surface area contributed by atoms with Crippen LogP contribution in [0.1, 0.15) is 42.3 Å². The Balaban J connectivity index is 1.63. The molecule has 0 radical (unpaired) electrons. The van der Waals surface area contributed by atoms with Gasteiger partial charge in [0.1, 0.15) is 11.6 Å². The van der Waals surface area contributed by atoms with Gasteiger partial charge in [-0.15, -0.1) is 0 Å². The number of rotatable bonds is 5. The van der Waals surface area contributed by atoms with Crippen molar-refractivity contribution in [3.05, 3.63) is 35.5 Å². The van der Waals surface area contributed by atoms with Gasteiger partial charge in [-0.1, -0.05) is 6.92 Å². The number of ether oxygens (including phenoxy) is 1. The maximum atomic E-state index is 11.6. The number of hydrogen-bond acceptors (Lipinski definition) is 6. The van der Waals surface area contributed by atoms with Gasteiger partial charge in [0.25, 0.3) is 0 Å². The van der Waals surface area contributed by atoms with E-state index in [9.17, 15) is 4.79 Å². The van der Waals surface area contributed by atoms with Crippen LogP contribution >= 0.6 is 0 Å². The molecule has 7 nitrogen and oxygen atoms in total. The molecule has 3 rings (SSSR count). The summed E-state index contributed by atoms with van der Waals surface area (Å²) in [7, 11) is 0. The number of aromatic nitrogens is 4. The van der Waals surface area contributed by atoms with E-state index >= 15 is 0 Å². The SMILES string of the molecule is CCOC(=O)c1ccc(NC2CCc3nc(CC)nn3C2)nc1. The summed E-state index contributed by atoms with van der Waals surface area (Å²) in [5.41, 5.74) is 0.465. The van der Waals surface area contributed by atoms with Crippen molar-refractivity contribution in [3.63, 3.8) is 0 Å². The van der Waals surface area contributed by atoms with Gasteiger partial charge in [0.15, 0.2) is 5.82 Å². The number of nitrogens with one attached hydrogen (secondary N) is 1. The van der Waals surface area contributed by atoms with Gasteiger partial charge < -0.3 is 10.1 Å². The van der Waals surface area contributed by atoms with Crippen LogP contribution in [0.15, 0.2) is 18.3 Å². The molecule has 0 aliphatic carbocycles. The van der Waals surface area contributed by atoms with Crippen LogP contribution in [0, 0.1) is 0 Å². The molecule has 3 heterocycles. The number of hydrogen-bond donors (Lipinski definition) is 1. The second-order valence-corrected chi connectivity index (χ2v) is 5.51. The van der Waals surface area contributed by atoms with Crippen LogP contribution in [0.4, 0.5) is 5.82 Å². The second kappa shape index (κ2) is 6.76. The largest absolute Gasteiger partial charge is 0.462 e. The van der Waals surface area contributed by atoms with Crippen molar-refractivity contribution in [2.45, 2.75) is 45.7 Å². The Labute approximate surface area is 135 Å². The quantitative estimate of drug-likeness (QED) is 0.848. The highest BCUT2D eigenvalue weighted by Crippen LogP contribution is 2.17. The van der Waals surface area contributed by atoms with Crippen molar-refractivity contribution in [3.8, 4) is 0 Å². The molecule has 23 heavy (non-hydrogen) atoms. The molecular formula is C16H21N5O2. The fourth-order valence-electron chi connectivity index (χ4n) is 2.65. The molecule has 0 amide bonds. The molecule has 2 aromatic heterocycles. The molecular weight excluding hydrogens is 294 g/mol. The van der Waals surface area contributed by atoms with Gasteiger partial charge in [-0.25, -0.2) is 19.4 Å². The van der Waals surface area contributed by atoms with E-state index in [1.807, 2.05) is 4.68 Å². The van der Waals surface area contributed by atoms with Gasteiger partial charge in [-0.2, -0.15) is 5.10 Å². The van der Waals surface area contributed by atoms with Gasteiger partial charge in [0.2, 0.25) is 0 Å². The molecule has 0 aromatic carbocycles. The molecule has 1 aliphatic rings. The molecule has 1 N–H and O–H groups in total. The van der Waals surface area contributed by atoms with Gasteiger partial charge in [-0.3, -0.25) is 0 Å². The van der Waals surface area contributed by atoms with Gasteiger partial charge in [-0.05, 0) is 25.5 Å². The first kappa shape index (κ1) is 15.5. The molecule has 0 fully saturated rings. The van der Waals surface area contributed by atoms with Crippen LogP contribution in [0.3, 0.4) is 0 Å². The van der Waals surface area contributed by atoms with E-state index in [1.165, 1.54) is 0 Å². The molecule has 7 heteroatoms. The topological polar surface area (TPSA) is 81.9 Å². The first-order valence-corrected chi connectivity index (χ1v) is 8.02. The molecule has 0 saturated heterocycles. The van der Waals surface area contributed by atoms with Crippen molar-refractivity contribution < 1.29 is 9.53 Å². The van der Waals surface area contributed by atoms with E-state index in [1.54, 1.807) is 25.3 Å². The van der Waals surface area contributed by atoms with Crippen LogP contribution in [0.2, 0.25) is 0 Å². The fourth-order valence-corrected chi connectivity index (χ4v) is 2.65. The Bertz CT molecular complexity index is 680. The third kappa shape index (κ3) is 3.49. The average Bonchev–Trinajstić information content (AvgIpc) is 2.98. The molecule has 1 unspecified atom stereocenters. The molecule has 0 bridgehead atoms. The van der Waals surface area contributed by atoms with Gasteiger partial charge >= 0.3 is 5.97 Å². The highest BCUT2D eigenvalue weighted by atomic mass is 16.5. The second-order valence-electron chi connectivity index (χ2n) is 5.51. The Kier molecular flexibility index (Phi) is 4.55. The lowest BCUT2D eigenvalue weighted by Gasteiger charge is -2.24.